The van der Waals surface area contributed by atoms with Crippen LogP contribution in [0.5, 0.6) is 0 Å². The molecule has 3 aromatic rings. The molecule has 2 heterocycles. The van der Waals surface area contributed by atoms with Crippen LogP contribution in [0.2, 0.25) is 0 Å². The van der Waals surface area contributed by atoms with Crippen LogP contribution in [-0.2, 0) is 6.54 Å². The molecule has 0 unspecified atom stereocenters. The maximum Gasteiger partial charge on any atom is 0.319 e. The van der Waals surface area contributed by atoms with Crippen LogP contribution in [0, 0.1) is 0 Å². The maximum atomic E-state index is 13.0. The summed E-state index contributed by atoms with van der Waals surface area (Å²) < 4.78 is 26.6. The van der Waals surface area contributed by atoms with Crippen molar-refractivity contribution < 1.29 is 18.4 Å². The predicted molar refractivity (Wildman–Crippen MR) is 98.0 cm³/mol. The number of amides is 2. The lowest BCUT2D eigenvalue weighted by Crippen LogP contribution is -2.29. The molecule has 0 saturated heterocycles. The van der Waals surface area contributed by atoms with Crippen molar-refractivity contribution in [3.63, 3.8) is 0 Å². The number of thiophene rings is 1. The molecule has 0 radical (unpaired) electrons. The number of hydrogen-bond donors (Lipinski definition) is 1. The summed E-state index contributed by atoms with van der Waals surface area (Å²) in [4.78, 5) is 30.7. The van der Waals surface area contributed by atoms with E-state index in [2.05, 4.69) is 10.3 Å². The van der Waals surface area contributed by atoms with Gasteiger partial charge >= 0.3 is 6.55 Å². The van der Waals surface area contributed by atoms with Gasteiger partial charge in [0, 0.05) is 19.4 Å². The number of alkyl halides is 2. The van der Waals surface area contributed by atoms with E-state index in [9.17, 15) is 18.4 Å². The number of anilines is 1. The molecule has 0 fully saturated rings. The topological polar surface area (TPSA) is 67.2 Å². The van der Waals surface area contributed by atoms with Gasteiger partial charge in [0.1, 0.15) is 5.82 Å². The zero-order valence-corrected chi connectivity index (χ0v) is 15.1. The molecule has 0 spiro atoms. The second-order valence-electron chi connectivity index (χ2n) is 5.67. The lowest BCUT2D eigenvalue weighted by Gasteiger charge is -2.19. The normalized spacial score (nSPS) is 10.8. The molecule has 0 atom stereocenters. The van der Waals surface area contributed by atoms with Gasteiger partial charge < -0.3 is 10.2 Å². The third-order valence-corrected chi connectivity index (χ3v) is 4.70. The Kier molecular flexibility index (Phi) is 5.60. The standard InChI is InChI=1S/C18H16F2N4O2S/c1-23(11-15-21-8-9-24(15)18(19)20)17(26)12-5-2-3-6-13(12)22-16(25)14-7-4-10-27-14/h2-10,18H,11H2,1H3,(H,22,25). The zero-order chi connectivity index (χ0) is 19.4. The van der Waals surface area contributed by atoms with Crippen LogP contribution in [-0.4, -0.2) is 33.3 Å². The Morgan fingerprint density at radius 2 is 2.04 bits per heavy atom. The molecule has 140 valence electrons. The predicted octanol–water partition coefficient (Wildman–Crippen LogP) is 3.86. The van der Waals surface area contributed by atoms with Gasteiger partial charge in [0.05, 0.1) is 22.7 Å². The van der Waals surface area contributed by atoms with Crippen LogP contribution in [0.3, 0.4) is 0 Å². The summed E-state index contributed by atoms with van der Waals surface area (Å²) in [5.74, 6) is -0.664. The first-order valence-corrected chi connectivity index (χ1v) is 8.84. The number of nitrogens with one attached hydrogen (secondary N) is 1. The molecular weight excluding hydrogens is 374 g/mol. The molecule has 0 saturated carbocycles. The SMILES string of the molecule is CN(Cc1nccn1C(F)F)C(=O)c1ccccc1NC(=O)c1cccs1. The van der Waals surface area contributed by atoms with Gasteiger partial charge in [0.25, 0.3) is 11.8 Å². The Morgan fingerprint density at radius 1 is 1.26 bits per heavy atom. The Morgan fingerprint density at radius 3 is 2.74 bits per heavy atom. The fraction of sp³-hybridized carbons (Fsp3) is 0.167. The second kappa shape index (κ2) is 8.09. The third kappa shape index (κ3) is 4.20. The molecule has 1 aromatic carbocycles. The van der Waals surface area contributed by atoms with Gasteiger partial charge in [-0.1, -0.05) is 18.2 Å². The number of imidazole rings is 1. The number of aromatic nitrogens is 2. The van der Waals surface area contributed by atoms with E-state index >= 15 is 0 Å². The molecule has 6 nitrogen and oxygen atoms in total. The van der Waals surface area contributed by atoms with Gasteiger partial charge in [-0.25, -0.2) is 4.98 Å². The minimum absolute atomic E-state index is 0.0703. The molecular formula is C18H16F2N4O2S. The number of halogens is 2. The number of nitrogens with zero attached hydrogens (tertiary/aromatic N) is 3. The average molecular weight is 390 g/mol. The highest BCUT2D eigenvalue weighted by Crippen LogP contribution is 2.21. The van der Waals surface area contributed by atoms with E-state index in [1.54, 1.807) is 41.8 Å². The van der Waals surface area contributed by atoms with Gasteiger partial charge in [-0.15, -0.1) is 11.3 Å². The first-order valence-electron chi connectivity index (χ1n) is 7.96. The summed E-state index contributed by atoms with van der Waals surface area (Å²) in [6.07, 6.45) is 2.42. The summed E-state index contributed by atoms with van der Waals surface area (Å²) in [7, 11) is 1.49. The fourth-order valence-corrected chi connectivity index (χ4v) is 3.12. The number of para-hydroxylation sites is 1. The summed E-state index contributed by atoms with van der Waals surface area (Å²) in [5.41, 5.74) is 0.616. The Labute approximate surface area is 158 Å². The first-order chi connectivity index (χ1) is 13.0. The van der Waals surface area contributed by atoms with Crippen LogP contribution < -0.4 is 5.32 Å². The Hall–Kier alpha value is -3.07. The van der Waals surface area contributed by atoms with Crippen LogP contribution in [0.1, 0.15) is 32.4 Å². The van der Waals surface area contributed by atoms with Crippen molar-refractivity contribution in [2.45, 2.75) is 13.1 Å². The molecule has 0 bridgehead atoms. The highest BCUT2D eigenvalue weighted by molar-refractivity contribution is 7.12. The minimum atomic E-state index is -2.73. The van der Waals surface area contributed by atoms with Crippen molar-refractivity contribution in [2.75, 3.05) is 12.4 Å². The molecule has 0 aliphatic carbocycles. The number of carbonyl (C=O) groups excluding carboxylic acids is 2. The summed E-state index contributed by atoms with van der Waals surface area (Å²) >= 11 is 1.29. The van der Waals surface area contributed by atoms with E-state index in [0.717, 1.165) is 6.20 Å². The molecule has 9 heteroatoms. The van der Waals surface area contributed by atoms with Crippen LogP contribution in [0.15, 0.2) is 54.2 Å². The Balaban J connectivity index is 1.78. The smallest absolute Gasteiger partial charge is 0.319 e. The van der Waals surface area contributed by atoms with Crippen LogP contribution in [0.25, 0.3) is 0 Å². The lowest BCUT2D eigenvalue weighted by molar-refractivity contribution is 0.0612. The van der Waals surface area contributed by atoms with Crippen LogP contribution >= 0.6 is 11.3 Å². The number of rotatable bonds is 6. The number of hydrogen-bond acceptors (Lipinski definition) is 4. The molecule has 2 aromatic heterocycles. The van der Waals surface area contributed by atoms with E-state index in [4.69, 9.17) is 0 Å². The van der Waals surface area contributed by atoms with Crippen molar-refractivity contribution in [3.05, 3.63) is 70.4 Å². The van der Waals surface area contributed by atoms with Crippen molar-refractivity contribution in [3.8, 4) is 0 Å². The van der Waals surface area contributed by atoms with E-state index in [1.807, 2.05) is 0 Å². The lowest BCUT2D eigenvalue weighted by atomic mass is 10.1. The summed E-state index contributed by atoms with van der Waals surface area (Å²) in [6.45, 7) is -2.83. The highest BCUT2D eigenvalue weighted by Gasteiger charge is 2.20. The van der Waals surface area contributed by atoms with Gasteiger partial charge in [-0.2, -0.15) is 8.78 Å². The van der Waals surface area contributed by atoms with Gasteiger partial charge in [0.2, 0.25) is 0 Å². The van der Waals surface area contributed by atoms with E-state index in [-0.39, 0.29) is 23.8 Å². The van der Waals surface area contributed by atoms with Crippen molar-refractivity contribution in [2.24, 2.45) is 0 Å². The van der Waals surface area contributed by atoms with E-state index < -0.39 is 12.5 Å². The number of carbonyl (C=O) groups is 2. The van der Waals surface area contributed by atoms with Crippen molar-refractivity contribution in [1.29, 1.82) is 0 Å². The highest BCUT2D eigenvalue weighted by atomic mass is 32.1. The van der Waals surface area contributed by atoms with Crippen molar-refractivity contribution >= 4 is 28.8 Å². The zero-order valence-electron chi connectivity index (χ0n) is 14.3. The molecule has 2 amide bonds. The molecule has 3 rings (SSSR count). The largest absolute Gasteiger partial charge is 0.334 e. The van der Waals surface area contributed by atoms with E-state index in [1.165, 1.54) is 29.5 Å². The fourth-order valence-electron chi connectivity index (χ4n) is 2.50. The first kappa shape index (κ1) is 18.7. The van der Waals surface area contributed by atoms with E-state index in [0.29, 0.717) is 15.1 Å². The van der Waals surface area contributed by atoms with Gasteiger partial charge in [-0.05, 0) is 23.6 Å². The van der Waals surface area contributed by atoms with Gasteiger partial charge in [-0.3, -0.25) is 14.2 Å². The van der Waals surface area contributed by atoms with Crippen molar-refractivity contribution in [1.82, 2.24) is 14.5 Å². The average Bonchev–Trinajstić information content (AvgIpc) is 3.33. The molecule has 0 aliphatic heterocycles. The quantitative estimate of drug-likeness (QED) is 0.695. The number of benzene rings is 1. The minimum Gasteiger partial charge on any atom is -0.334 e. The molecule has 27 heavy (non-hydrogen) atoms. The summed E-state index contributed by atoms with van der Waals surface area (Å²) in [6, 6.07) is 10.00. The second-order valence-corrected chi connectivity index (χ2v) is 6.61. The van der Waals surface area contributed by atoms with Crippen LogP contribution in [0.4, 0.5) is 14.5 Å². The maximum absolute atomic E-state index is 13.0. The van der Waals surface area contributed by atoms with Gasteiger partial charge in [0.15, 0.2) is 0 Å². The molecule has 1 N–H and O–H groups in total. The Bertz CT molecular complexity index is 941. The third-order valence-electron chi connectivity index (χ3n) is 3.84. The monoisotopic (exact) mass is 390 g/mol. The molecule has 0 aliphatic rings. The summed E-state index contributed by atoms with van der Waals surface area (Å²) in [5, 5.41) is 4.50.